The number of aromatic nitrogens is 6. The number of rotatable bonds is 22. The Morgan fingerprint density at radius 1 is 0.472 bits per heavy atom. The second-order valence-corrected chi connectivity index (χ2v) is 25.3. The van der Waals surface area contributed by atoms with Crippen LogP contribution < -0.4 is 16.9 Å². The molecule has 0 fully saturated rings. The number of nitrogens with one attached hydrogen (secondary N) is 1. The largest absolute Gasteiger partial charge is 0.478 e. The van der Waals surface area contributed by atoms with Gasteiger partial charge in [-0.05, 0) is 204 Å². The van der Waals surface area contributed by atoms with Crippen LogP contribution in [0.15, 0.2) is 138 Å². The number of hydrogen-bond donors (Lipinski definition) is 5. The number of carboxylic acids is 1. The van der Waals surface area contributed by atoms with Crippen molar-refractivity contribution in [2.75, 3.05) is 73.4 Å². The number of carboxylic acid groups (broad SMARTS) is 1. The molecule has 1 amide bonds. The molecule has 0 bridgehead atoms. The van der Waals surface area contributed by atoms with Gasteiger partial charge < -0.3 is 54.0 Å². The first kappa shape index (κ1) is 81.2. The Morgan fingerprint density at radius 3 is 1.20 bits per heavy atom. The zero-order valence-electron chi connectivity index (χ0n) is 60.8. The van der Waals surface area contributed by atoms with Crippen LogP contribution in [0.5, 0.6) is 0 Å². The first-order chi connectivity index (χ1) is 51.0. The summed E-state index contributed by atoms with van der Waals surface area (Å²) in [6.07, 6.45) is 3.38. The van der Waals surface area contributed by atoms with E-state index < -0.39 is 11.9 Å². The maximum Gasteiger partial charge on any atom is 0.337 e. The standard InChI is InChI=1S/C21H21N3O3.C20H20N4O3.C20H19N3O3.C12H16N2O.C8H7BrN2/c1-14-10-18-19(13-17(14)22-2)24(8-9-26-3)20(23-18)12-15-6-5-7-16(11-15)21(25)27-4;1-13-9-17-18(12-16(13)21-2)24(7-8-27-3)19(22-17)11-14-5-4-6-15(10-14)20(25)23-26;1-13-9-17-18(12-16(13)21-2)23(7-8-26-3)19(22-17)11-14-5-4-6-15(10-14)20(24)25;1-9-7-11(13)10(5-4-6-15-3)8-12(9)14-2;1-5-3-7(10)6(9)4-8(5)11-2/h5-7,10-11,13H,8-9,12H2,1,3-4H3;4-6,9-10,12,26H,7-8,11H2,1,3H3,(H,23,25);4-6,9-10,12H,7-8,11H2,1,3H3,(H,24,25);7-8H,4-6,13H2,1,3H3;3-4H,10H2,1H3. The Hall–Kier alpha value is -12.1. The molecule has 7 N–H and O–H groups in total. The van der Waals surface area contributed by atoms with Crippen molar-refractivity contribution in [1.82, 2.24) is 34.1 Å². The molecule has 0 atom stereocenters. The van der Waals surface area contributed by atoms with Gasteiger partial charge in [0.15, 0.2) is 28.4 Å². The number of amides is 1. The van der Waals surface area contributed by atoms with E-state index in [-0.39, 0.29) is 11.5 Å². The van der Waals surface area contributed by atoms with Gasteiger partial charge in [-0.25, -0.2) is 54.2 Å². The highest BCUT2D eigenvalue weighted by atomic mass is 79.9. The zero-order valence-corrected chi connectivity index (χ0v) is 62.4. The van der Waals surface area contributed by atoms with Gasteiger partial charge in [-0.1, -0.05) is 42.5 Å². The fourth-order valence-electron chi connectivity index (χ4n) is 11.5. The van der Waals surface area contributed by atoms with E-state index in [4.69, 9.17) is 88.2 Å². The summed E-state index contributed by atoms with van der Waals surface area (Å²) in [4.78, 5) is 66.5. The molecule has 106 heavy (non-hydrogen) atoms. The Balaban J connectivity index is 0.000000191. The minimum Gasteiger partial charge on any atom is -0.478 e. The molecule has 3 heterocycles. The molecule has 11 rings (SSSR count). The van der Waals surface area contributed by atoms with Crippen molar-refractivity contribution in [3.05, 3.63) is 279 Å². The third kappa shape index (κ3) is 21.3. The number of aryl methyl sites for hydroxylation is 6. The molecule has 3 aromatic heterocycles. The van der Waals surface area contributed by atoms with Crippen LogP contribution in [0, 0.1) is 67.5 Å². The first-order valence-corrected chi connectivity index (χ1v) is 34.1. The van der Waals surface area contributed by atoms with E-state index in [1.165, 1.54) is 7.11 Å². The molecule has 0 aliphatic rings. The van der Waals surface area contributed by atoms with E-state index in [0.29, 0.717) is 104 Å². The number of carbonyl (C=O) groups excluding carboxylic acids is 2. The number of halogens is 1. The summed E-state index contributed by atoms with van der Waals surface area (Å²) < 4.78 is 32.4. The predicted molar refractivity (Wildman–Crippen MR) is 415 cm³/mol. The lowest BCUT2D eigenvalue weighted by Crippen LogP contribution is -2.18. The van der Waals surface area contributed by atoms with E-state index >= 15 is 0 Å². The summed E-state index contributed by atoms with van der Waals surface area (Å²) in [7, 11) is 8.00. The highest BCUT2D eigenvalue weighted by Crippen LogP contribution is 2.33. The number of hydrogen-bond acceptors (Lipinski definition) is 14. The average molecular weight is 1490 g/mol. The quantitative estimate of drug-likeness (QED) is 0.0105. The molecule has 0 aliphatic carbocycles. The number of ether oxygens (including phenoxy) is 5. The third-order valence-electron chi connectivity index (χ3n) is 17.1. The third-order valence-corrected chi connectivity index (χ3v) is 17.7. The zero-order chi connectivity index (χ0) is 77.1. The van der Waals surface area contributed by atoms with Crippen molar-refractivity contribution in [3.8, 4) is 0 Å². The molecule has 0 unspecified atom stereocenters. The Labute approximate surface area is 624 Å². The van der Waals surface area contributed by atoms with Crippen LogP contribution in [0.4, 0.5) is 39.8 Å². The summed E-state index contributed by atoms with van der Waals surface area (Å²) in [6.45, 7) is 49.6. The molecular weight excluding hydrogens is 1410 g/mol. The highest BCUT2D eigenvalue weighted by molar-refractivity contribution is 9.10. The number of methoxy groups -OCH3 is 5. The van der Waals surface area contributed by atoms with Crippen LogP contribution in [0.2, 0.25) is 0 Å². The predicted octanol–water partition coefficient (Wildman–Crippen LogP) is 16.6. The number of aromatic carboxylic acids is 1. The van der Waals surface area contributed by atoms with Gasteiger partial charge in [0.2, 0.25) is 0 Å². The lowest BCUT2D eigenvalue weighted by atomic mass is 10.0. The van der Waals surface area contributed by atoms with Gasteiger partial charge >= 0.3 is 11.9 Å². The molecule has 0 saturated carbocycles. The van der Waals surface area contributed by atoms with Gasteiger partial charge in [0.1, 0.15) is 17.5 Å². The van der Waals surface area contributed by atoms with Crippen molar-refractivity contribution in [1.29, 1.82) is 0 Å². The molecule has 0 saturated heterocycles. The molecule has 0 radical (unpaired) electrons. The van der Waals surface area contributed by atoms with E-state index in [1.807, 2.05) is 123 Å². The van der Waals surface area contributed by atoms with Crippen molar-refractivity contribution >= 4 is 107 Å². The Bertz CT molecular complexity index is 5050. The summed E-state index contributed by atoms with van der Waals surface area (Å²) in [5.74, 6) is 0.651. The van der Waals surface area contributed by atoms with E-state index in [1.54, 1.807) is 88.5 Å². The van der Waals surface area contributed by atoms with E-state index in [0.717, 1.165) is 130 Å². The number of nitrogens with two attached hydrogens (primary N) is 2. The normalized spacial score (nSPS) is 10.5. The molecule has 0 aliphatic heterocycles. The maximum atomic E-state index is 11.8. The van der Waals surface area contributed by atoms with E-state index in [9.17, 15) is 19.5 Å². The van der Waals surface area contributed by atoms with Crippen LogP contribution >= 0.6 is 15.9 Å². The van der Waals surface area contributed by atoms with Gasteiger partial charge in [0.25, 0.3) is 5.91 Å². The second kappa shape index (κ2) is 39.5. The van der Waals surface area contributed by atoms with Crippen LogP contribution in [0.1, 0.15) is 105 Å². The minimum absolute atomic E-state index is 0.258. The highest BCUT2D eigenvalue weighted by Gasteiger charge is 2.19. The number of nitrogens with zero attached hydrogens (tertiary/aromatic N) is 11. The molecule has 544 valence electrons. The van der Waals surface area contributed by atoms with Gasteiger partial charge in [-0.3, -0.25) is 10.0 Å². The number of anilines is 2. The maximum absolute atomic E-state index is 11.8. The lowest BCUT2D eigenvalue weighted by Gasteiger charge is -2.10. The number of benzene rings is 8. The number of esters is 1. The number of carbonyl (C=O) groups is 3. The Morgan fingerprint density at radius 2 is 0.821 bits per heavy atom. The van der Waals surface area contributed by atoms with Crippen molar-refractivity contribution in [2.24, 2.45) is 0 Å². The molecular formula is C81H83BrN14O10. The van der Waals surface area contributed by atoms with Crippen molar-refractivity contribution < 1.29 is 48.4 Å². The summed E-state index contributed by atoms with van der Waals surface area (Å²) >= 11 is 3.25. The van der Waals surface area contributed by atoms with Gasteiger partial charge in [0, 0.05) is 95.4 Å². The van der Waals surface area contributed by atoms with Gasteiger partial charge in [-0.15, -0.1) is 0 Å². The Kier molecular flexibility index (Phi) is 30.3. The second-order valence-electron chi connectivity index (χ2n) is 24.4. The van der Waals surface area contributed by atoms with Crippen LogP contribution in [0.3, 0.4) is 0 Å². The lowest BCUT2D eigenvalue weighted by molar-refractivity contribution is 0.0599. The van der Waals surface area contributed by atoms with Crippen LogP contribution in [0.25, 0.3) is 57.3 Å². The summed E-state index contributed by atoms with van der Waals surface area (Å²) in [5, 5.41) is 18.0. The van der Waals surface area contributed by atoms with Gasteiger partial charge in [-0.2, -0.15) is 0 Å². The number of nitrogen functional groups attached to an aromatic ring is 2. The average Bonchev–Trinajstić information content (AvgIpc) is 1.65. The monoisotopic (exact) mass is 1490 g/mol. The first-order valence-electron chi connectivity index (χ1n) is 33.3. The summed E-state index contributed by atoms with van der Waals surface area (Å²) in [6, 6.07) is 39.9. The molecule has 25 heteroatoms. The molecule has 11 aromatic rings. The van der Waals surface area contributed by atoms with Crippen LogP contribution in [-0.2, 0) is 69.0 Å². The molecule has 24 nitrogen and oxygen atoms in total. The van der Waals surface area contributed by atoms with Gasteiger partial charge in [0.05, 0.1) is 104 Å². The number of imidazole rings is 3. The van der Waals surface area contributed by atoms with E-state index in [2.05, 4.69) is 44.7 Å². The number of hydroxylamine groups is 1. The fourth-order valence-corrected chi connectivity index (χ4v) is 11.8. The SMILES string of the molecule is [C-]#[N+]c1cc(Br)c(N)cc1C.[C-]#[N+]c1cc(CCCOC)c(N)cc1C.[C-]#[N+]c1cc2c(cc1C)nc(Cc1cccc(C(=O)NO)c1)n2CCOC.[C-]#[N+]c1cc2c(cc1C)nc(Cc1cccc(C(=O)O)c1)n2CCOC.[C-]#[N+]c1cc2c(cc1C)nc(Cc1cccc(C(=O)OC)c1)n2CCOC. The number of fused-ring (bicyclic) bond motifs is 3. The van der Waals surface area contributed by atoms with Crippen LogP contribution in [-0.4, -0.2) is 119 Å². The smallest absolute Gasteiger partial charge is 0.337 e. The fraction of sp³-hybridized carbons (Fsp3) is 0.272. The van der Waals surface area contributed by atoms with Crippen molar-refractivity contribution in [3.63, 3.8) is 0 Å². The van der Waals surface area contributed by atoms with Crippen molar-refractivity contribution in [2.45, 2.75) is 86.4 Å². The minimum atomic E-state index is -0.947. The topological polar surface area (TPSA) is 277 Å². The molecule has 8 aromatic carbocycles. The molecule has 0 spiro atoms. The summed E-state index contributed by atoms with van der Waals surface area (Å²) in [5.41, 5.74) is 32.5.